The monoisotopic (exact) mass is 594 g/mol. The molecule has 12 heteroatoms. The second-order valence-corrected chi connectivity index (χ2v) is 14.6. The van der Waals surface area contributed by atoms with Crippen LogP contribution in [0.15, 0.2) is 36.4 Å². The molecule has 6 rings (SSSR count). The number of nitrogens with zero attached hydrogens (tertiary/aromatic N) is 5. The zero-order chi connectivity index (χ0) is 28.8. The lowest BCUT2D eigenvalue weighted by Crippen LogP contribution is -2.44. The molecule has 9 nitrogen and oxygen atoms in total. The first-order valence-corrected chi connectivity index (χ1v) is 16.5. The molecule has 3 heterocycles. The van der Waals surface area contributed by atoms with Gasteiger partial charge in [-0.2, -0.15) is 10.4 Å². The SMILES string of the molecule is Cc1ccc(-c2nc(C3CCC(F)CC3C(=O)NC3(C#N)CC3)c(-c3ccc(N4CCS(=O)(=O)CC4)cc3)s2)nn1. The molecular weight excluding hydrogens is 563 g/mol. The van der Waals surface area contributed by atoms with E-state index >= 15 is 0 Å². The summed E-state index contributed by atoms with van der Waals surface area (Å²) in [6.07, 6.45) is 1.03. The van der Waals surface area contributed by atoms with Gasteiger partial charge in [0.15, 0.2) is 9.84 Å². The summed E-state index contributed by atoms with van der Waals surface area (Å²) in [6.45, 7) is 2.77. The lowest BCUT2D eigenvalue weighted by Gasteiger charge is -2.32. The van der Waals surface area contributed by atoms with Crippen LogP contribution in [0.5, 0.6) is 0 Å². The molecule has 2 saturated carbocycles. The Bertz CT molecular complexity index is 1580. The summed E-state index contributed by atoms with van der Waals surface area (Å²) in [5.41, 5.74) is 3.17. The summed E-state index contributed by atoms with van der Waals surface area (Å²) in [5.74, 6) is -0.966. The minimum atomic E-state index is -2.98. The summed E-state index contributed by atoms with van der Waals surface area (Å²) in [6, 6.07) is 13.9. The minimum absolute atomic E-state index is 0.0887. The Morgan fingerprint density at radius 2 is 1.85 bits per heavy atom. The molecule has 0 radical (unpaired) electrons. The molecule has 3 aliphatic rings. The van der Waals surface area contributed by atoms with Crippen molar-refractivity contribution in [3.8, 4) is 27.2 Å². The van der Waals surface area contributed by atoms with E-state index in [1.165, 1.54) is 11.3 Å². The molecule has 1 amide bonds. The number of thiazole rings is 1. The quantitative estimate of drug-likeness (QED) is 0.450. The number of nitrogens with one attached hydrogen (secondary N) is 1. The Kier molecular flexibility index (Phi) is 7.28. The van der Waals surface area contributed by atoms with E-state index in [4.69, 9.17) is 4.98 Å². The second-order valence-electron chi connectivity index (χ2n) is 11.3. The molecule has 3 unspecified atom stereocenters. The minimum Gasteiger partial charge on any atom is -0.369 e. The van der Waals surface area contributed by atoms with Crippen LogP contribution in [-0.4, -0.2) is 65.8 Å². The van der Waals surface area contributed by atoms with Crippen molar-refractivity contribution in [3.63, 3.8) is 0 Å². The van der Waals surface area contributed by atoms with Crippen LogP contribution in [0.4, 0.5) is 10.1 Å². The number of hydrogen-bond donors (Lipinski definition) is 1. The molecule has 1 saturated heterocycles. The fourth-order valence-corrected chi connectivity index (χ4v) is 7.97. The van der Waals surface area contributed by atoms with Gasteiger partial charge in [-0.15, -0.1) is 16.4 Å². The van der Waals surface area contributed by atoms with Gasteiger partial charge in [0.1, 0.15) is 22.4 Å². The number of rotatable bonds is 6. The molecule has 1 aliphatic heterocycles. The van der Waals surface area contributed by atoms with E-state index in [0.717, 1.165) is 27.5 Å². The number of nitriles is 1. The normalized spacial score (nSPS) is 24.8. The number of halogens is 1. The number of sulfone groups is 1. The Morgan fingerprint density at radius 1 is 1.12 bits per heavy atom. The molecule has 3 fully saturated rings. The van der Waals surface area contributed by atoms with E-state index in [1.54, 1.807) is 0 Å². The molecule has 3 aromatic rings. The van der Waals surface area contributed by atoms with Crippen molar-refractivity contribution >= 4 is 32.8 Å². The molecule has 214 valence electrons. The third-order valence-electron chi connectivity index (χ3n) is 8.31. The largest absolute Gasteiger partial charge is 0.369 e. The lowest BCUT2D eigenvalue weighted by atomic mass is 9.75. The van der Waals surface area contributed by atoms with E-state index in [1.807, 2.05) is 43.3 Å². The number of alkyl halides is 1. The first-order chi connectivity index (χ1) is 19.7. The van der Waals surface area contributed by atoms with Gasteiger partial charge in [0.05, 0.1) is 33.8 Å². The van der Waals surface area contributed by atoms with Crippen LogP contribution in [0, 0.1) is 24.2 Å². The zero-order valence-electron chi connectivity index (χ0n) is 22.7. The maximum Gasteiger partial charge on any atom is 0.225 e. The highest BCUT2D eigenvalue weighted by atomic mass is 32.2. The van der Waals surface area contributed by atoms with Crippen LogP contribution in [0.25, 0.3) is 21.1 Å². The summed E-state index contributed by atoms with van der Waals surface area (Å²) in [5, 5.41) is 21.6. The summed E-state index contributed by atoms with van der Waals surface area (Å²) < 4.78 is 38.4. The highest BCUT2D eigenvalue weighted by Gasteiger charge is 2.48. The topological polar surface area (TPSA) is 129 Å². The van der Waals surface area contributed by atoms with Gasteiger partial charge in [-0.25, -0.2) is 17.8 Å². The van der Waals surface area contributed by atoms with Crippen molar-refractivity contribution in [2.45, 2.75) is 56.7 Å². The standard InChI is InChI=1S/C29H31FN6O3S2/c1-18-2-9-24(35-34-18)28-32-25(22-8-5-20(30)16-23(22)27(37)33-29(17-31)10-11-29)26(40-28)19-3-6-21(7-4-19)36-12-14-41(38,39)15-13-36/h2-4,6-7,9,20,22-23H,5,8,10-16H2,1H3,(H,33,37). The Morgan fingerprint density at radius 3 is 2.49 bits per heavy atom. The molecule has 2 aliphatic carbocycles. The van der Waals surface area contributed by atoms with Crippen molar-refractivity contribution in [2.75, 3.05) is 29.5 Å². The van der Waals surface area contributed by atoms with Gasteiger partial charge >= 0.3 is 0 Å². The number of aromatic nitrogens is 3. The number of benzene rings is 1. The van der Waals surface area contributed by atoms with E-state index < -0.39 is 27.5 Å². The summed E-state index contributed by atoms with van der Waals surface area (Å²) in [4.78, 5) is 21.4. The van der Waals surface area contributed by atoms with Crippen LogP contribution in [-0.2, 0) is 14.6 Å². The molecular formula is C29H31FN6O3S2. The third-order valence-corrected chi connectivity index (χ3v) is 11.1. The Balaban J connectivity index is 1.36. The van der Waals surface area contributed by atoms with E-state index in [0.29, 0.717) is 49.5 Å². The second kappa shape index (κ2) is 10.8. The highest BCUT2D eigenvalue weighted by molar-refractivity contribution is 7.91. The highest BCUT2D eigenvalue weighted by Crippen LogP contribution is 2.47. The van der Waals surface area contributed by atoms with Crippen LogP contribution in [0.3, 0.4) is 0 Å². The van der Waals surface area contributed by atoms with Gasteiger partial charge in [-0.1, -0.05) is 12.1 Å². The predicted molar refractivity (Wildman–Crippen MR) is 155 cm³/mol. The molecule has 0 bridgehead atoms. The first-order valence-electron chi connectivity index (χ1n) is 13.9. The van der Waals surface area contributed by atoms with Crippen molar-refractivity contribution < 1.29 is 17.6 Å². The van der Waals surface area contributed by atoms with Gasteiger partial charge in [-0.3, -0.25) is 4.79 Å². The van der Waals surface area contributed by atoms with E-state index in [2.05, 4.69) is 26.5 Å². The average molecular weight is 595 g/mol. The van der Waals surface area contributed by atoms with Crippen LogP contribution in [0.2, 0.25) is 0 Å². The maximum absolute atomic E-state index is 14.7. The fraction of sp³-hybridized carbons (Fsp3) is 0.483. The van der Waals surface area contributed by atoms with Gasteiger partial charge in [0.2, 0.25) is 5.91 Å². The molecule has 1 aromatic carbocycles. The van der Waals surface area contributed by atoms with Gasteiger partial charge in [0.25, 0.3) is 0 Å². The smallest absolute Gasteiger partial charge is 0.225 e. The average Bonchev–Trinajstić information content (AvgIpc) is 3.60. The summed E-state index contributed by atoms with van der Waals surface area (Å²) >= 11 is 1.47. The molecule has 2 aromatic heterocycles. The first kappa shape index (κ1) is 27.7. The molecule has 1 N–H and O–H groups in total. The number of carbonyl (C=O) groups excluding carboxylic acids is 1. The third kappa shape index (κ3) is 5.83. The number of carbonyl (C=O) groups is 1. The lowest BCUT2D eigenvalue weighted by molar-refractivity contribution is -0.128. The Labute approximate surface area is 242 Å². The van der Waals surface area contributed by atoms with Crippen molar-refractivity contribution in [2.24, 2.45) is 5.92 Å². The van der Waals surface area contributed by atoms with Gasteiger partial charge in [0, 0.05) is 30.6 Å². The number of aryl methyl sites for hydroxylation is 1. The Hall–Kier alpha value is -3.43. The predicted octanol–water partition coefficient (Wildman–Crippen LogP) is 4.20. The number of amides is 1. The van der Waals surface area contributed by atoms with Crippen molar-refractivity contribution in [1.82, 2.24) is 20.5 Å². The van der Waals surface area contributed by atoms with E-state index in [-0.39, 0.29) is 29.8 Å². The van der Waals surface area contributed by atoms with Crippen molar-refractivity contribution in [3.05, 3.63) is 47.8 Å². The molecule has 41 heavy (non-hydrogen) atoms. The van der Waals surface area contributed by atoms with Gasteiger partial charge < -0.3 is 10.2 Å². The maximum atomic E-state index is 14.7. The van der Waals surface area contributed by atoms with Crippen molar-refractivity contribution in [1.29, 1.82) is 5.26 Å². The van der Waals surface area contributed by atoms with E-state index in [9.17, 15) is 22.9 Å². The van der Waals surface area contributed by atoms with Crippen LogP contribution in [0.1, 0.15) is 49.4 Å². The number of anilines is 1. The molecule has 0 spiro atoms. The van der Waals surface area contributed by atoms with Gasteiger partial charge in [-0.05, 0) is 68.9 Å². The number of hydrogen-bond acceptors (Lipinski definition) is 9. The van der Waals surface area contributed by atoms with Crippen LogP contribution < -0.4 is 10.2 Å². The fourth-order valence-electron chi connectivity index (χ4n) is 5.66. The zero-order valence-corrected chi connectivity index (χ0v) is 24.3. The summed E-state index contributed by atoms with van der Waals surface area (Å²) in [7, 11) is -2.98. The molecule has 3 atom stereocenters. The van der Waals surface area contributed by atoms with Crippen LogP contribution >= 0.6 is 11.3 Å².